The molecule has 6 heteroatoms. The fraction of sp³-hybridized carbons (Fsp3) is 0.357. The van der Waals surface area contributed by atoms with E-state index >= 15 is 0 Å². The number of aromatic amines is 1. The quantitative estimate of drug-likeness (QED) is 0.719. The van der Waals surface area contributed by atoms with Crippen LogP contribution in [0.25, 0.3) is 0 Å². The zero-order valence-corrected chi connectivity index (χ0v) is 11.7. The first kappa shape index (κ1) is 14.0. The van der Waals surface area contributed by atoms with E-state index in [2.05, 4.69) is 20.5 Å². The summed E-state index contributed by atoms with van der Waals surface area (Å²) in [6.07, 6.45) is 0.744. The summed E-state index contributed by atoms with van der Waals surface area (Å²) in [6.45, 7) is 4.51. The van der Waals surface area contributed by atoms with Gasteiger partial charge in [0.2, 0.25) is 5.82 Å². The Morgan fingerprint density at radius 1 is 1.35 bits per heavy atom. The number of H-pyrrole nitrogens is 1. The van der Waals surface area contributed by atoms with Crippen molar-refractivity contribution in [2.24, 2.45) is 0 Å². The number of carbonyl (C=O) groups is 1. The molecule has 0 unspecified atom stereocenters. The van der Waals surface area contributed by atoms with Crippen molar-refractivity contribution in [3.63, 3.8) is 0 Å². The number of nitrogens with zero attached hydrogens (tertiary/aromatic N) is 2. The SMILES string of the molecule is CC(C)c1nc(C(=O)NCCc2ccc(N)cc2)n[nH]1. The number of benzene rings is 1. The lowest BCUT2D eigenvalue weighted by Crippen LogP contribution is -2.26. The number of aromatic nitrogens is 3. The Kier molecular flexibility index (Phi) is 4.34. The van der Waals surface area contributed by atoms with Gasteiger partial charge in [-0.3, -0.25) is 9.89 Å². The van der Waals surface area contributed by atoms with E-state index in [9.17, 15) is 4.79 Å². The van der Waals surface area contributed by atoms with Gasteiger partial charge in [0.15, 0.2) is 0 Å². The van der Waals surface area contributed by atoms with Gasteiger partial charge < -0.3 is 11.1 Å². The molecule has 0 aliphatic carbocycles. The predicted molar refractivity (Wildman–Crippen MR) is 77.4 cm³/mol. The van der Waals surface area contributed by atoms with Crippen LogP contribution in [-0.4, -0.2) is 27.6 Å². The van der Waals surface area contributed by atoms with E-state index in [0.717, 1.165) is 17.7 Å². The van der Waals surface area contributed by atoms with Crippen LogP contribution in [0.2, 0.25) is 0 Å². The normalized spacial score (nSPS) is 10.8. The van der Waals surface area contributed by atoms with Gasteiger partial charge in [-0.05, 0) is 24.1 Å². The lowest BCUT2D eigenvalue weighted by Gasteiger charge is -2.03. The Labute approximate surface area is 117 Å². The van der Waals surface area contributed by atoms with Gasteiger partial charge >= 0.3 is 0 Å². The summed E-state index contributed by atoms with van der Waals surface area (Å²) >= 11 is 0. The van der Waals surface area contributed by atoms with Crippen molar-refractivity contribution in [2.75, 3.05) is 12.3 Å². The van der Waals surface area contributed by atoms with E-state index in [-0.39, 0.29) is 17.6 Å². The molecule has 6 nitrogen and oxygen atoms in total. The second kappa shape index (κ2) is 6.18. The molecular formula is C14H19N5O. The van der Waals surface area contributed by atoms with Gasteiger partial charge in [0, 0.05) is 18.2 Å². The Bertz CT molecular complexity index is 574. The summed E-state index contributed by atoms with van der Waals surface area (Å²) in [4.78, 5) is 16.0. The molecule has 0 spiro atoms. The third-order valence-corrected chi connectivity index (χ3v) is 2.93. The molecule has 0 saturated heterocycles. The van der Waals surface area contributed by atoms with Crippen molar-refractivity contribution in [2.45, 2.75) is 26.2 Å². The minimum Gasteiger partial charge on any atom is -0.399 e. The highest BCUT2D eigenvalue weighted by atomic mass is 16.2. The molecule has 1 amide bonds. The molecule has 0 aliphatic heterocycles. The molecule has 1 heterocycles. The maximum Gasteiger partial charge on any atom is 0.290 e. The van der Waals surface area contributed by atoms with Crippen LogP contribution in [0, 0.1) is 0 Å². The lowest BCUT2D eigenvalue weighted by molar-refractivity contribution is 0.0944. The highest BCUT2D eigenvalue weighted by Gasteiger charge is 2.13. The smallest absolute Gasteiger partial charge is 0.290 e. The number of hydrogen-bond donors (Lipinski definition) is 3. The molecule has 106 valence electrons. The van der Waals surface area contributed by atoms with Crippen molar-refractivity contribution in [1.29, 1.82) is 0 Å². The van der Waals surface area contributed by atoms with Crippen molar-refractivity contribution in [3.05, 3.63) is 41.5 Å². The molecule has 0 atom stereocenters. The molecule has 0 fully saturated rings. The molecule has 2 rings (SSSR count). The Hall–Kier alpha value is -2.37. The second-order valence-electron chi connectivity index (χ2n) is 4.95. The van der Waals surface area contributed by atoms with Gasteiger partial charge in [-0.1, -0.05) is 26.0 Å². The topological polar surface area (TPSA) is 96.7 Å². The van der Waals surface area contributed by atoms with Crippen LogP contribution in [-0.2, 0) is 6.42 Å². The van der Waals surface area contributed by atoms with Gasteiger partial charge in [-0.25, -0.2) is 4.98 Å². The number of nitrogen functional groups attached to an aromatic ring is 1. The van der Waals surface area contributed by atoms with Gasteiger partial charge in [-0.15, -0.1) is 5.10 Å². The van der Waals surface area contributed by atoms with E-state index in [1.807, 2.05) is 38.1 Å². The Morgan fingerprint density at radius 2 is 2.05 bits per heavy atom. The molecular weight excluding hydrogens is 254 g/mol. The third-order valence-electron chi connectivity index (χ3n) is 2.93. The summed E-state index contributed by atoms with van der Waals surface area (Å²) in [5, 5.41) is 9.47. The number of amides is 1. The summed E-state index contributed by atoms with van der Waals surface area (Å²) in [5.74, 6) is 0.863. The molecule has 4 N–H and O–H groups in total. The van der Waals surface area contributed by atoms with Crippen molar-refractivity contribution >= 4 is 11.6 Å². The van der Waals surface area contributed by atoms with E-state index in [4.69, 9.17) is 5.73 Å². The van der Waals surface area contributed by atoms with Crippen LogP contribution in [0.15, 0.2) is 24.3 Å². The zero-order chi connectivity index (χ0) is 14.5. The maximum atomic E-state index is 11.8. The van der Waals surface area contributed by atoms with Crippen LogP contribution in [0.4, 0.5) is 5.69 Å². The maximum absolute atomic E-state index is 11.8. The molecule has 0 aliphatic rings. The van der Waals surface area contributed by atoms with E-state index in [1.165, 1.54) is 0 Å². The Morgan fingerprint density at radius 3 is 2.65 bits per heavy atom. The van der Waals surface area contributed by atoms with Gasteiger partial charge in [-0.2, -0.15) is 0 Å². The van der Waals surface area contributed by atoms with Gasteiger partial charge in [0.1, 0.15) is 5.82 Å². The zero-order valence-electron chi connectivity index (χ0n) is 11.7. The van der Waals surface area contributed by atoms with Crippen LogP contribution < -0.4 is 11.1 Å². The number of carbonyl (C=O) groups excluding carboxylic acids is 1. The number of hydrogen-bond acceptors (Lipinski definition) is 4. The number of rotatable bonds is 5. The van der Waals surface area contributed by atoms with Crippen LogP contribution in [0.1, 0.15) is 41.8 Å². The fourth-order valence-electron chi connectivity index (χ4n) is 1.72. The van der Waals surface area contributed by atoms with Crippen molar-refractivity contribution < 1.29 is 4.79 Å². The molecule has 1 aromatic carbocycles. The molecule has 0 saturated carbocycles. The number of nitrogens with one attached hydrogen (secondary N) is 2. The third kappa shape index (κ3) is 3.57. The standard InChI is InChI=1S/C14H19N5O/c1-9(2)12-17-13(19-18-12)14(20)16-8-7-10-3-5-11(15)6-4-10/h3-6,9H,7-8,15H2,1-2H3,(H,16,20)(H,17,18,19). The first-order chi connectivity index (χ1) is 9.56. The van der Waals surface area contributed by atoms with Gasteiger partial charge in [0.05, 0.1) is 0 Å². The van der Waals surface area contributed by atoms with Crippen LogP contribution in [0.3, 0.4) is 0 Å². The van der Waals surface area contributed by atoms with Crippen molar-refractivity contribution in [3.8, 4) is 0 Å². The summed E-state index contributed by atoms with van der Waals surface area (Å²) in [6, 6.07) is 7.60. The average Bonchev–Trinajstić information content (AvgIpc) is 2.91. The second-order valence-corrected chi connectivity index (χ2v) is 4.95. The molecule has 1 aromatic heterocycles. The fourth-order valence-corrected chi connectivity index (χ4v) is 1.72. The van der Waals surface area contributed by atoms with Crippen LogP contribution >= 0.6 is 0 Å². The van der Waals surface area contributed by atoms with E-state index in [1.54, 1.807) is 0 Å². The number of anilines is 1. The monoisotopic (exact) mass is 273 g/mol. The first-order valence-electron chi connectivity index (χ1n) is 6.61. The average molecular weight is 273 g/mol. The largest absolute Gasteiger partial charge is 0.399 e. The highest BCUT2D eigenvalue weighted by molar-refractivity contribution is 5.90. The summed E-state index contributed by atoms with van der Waals surface area (Å²) in [7, 11) is 0. The summed E-state index contributed by atoms with van der Waals surface area (Å²) in [5.41, 5.74) is 7.47. The lowest BCUT2D eigenvalue weighted by atomic mass is 10.1. The van der Waals surface area contributed by atoms with Crippen LogP contribution in [0.5, 0.6) is 0 Å². The minimum atomic E-state index is -0.261. The molecule has 2 aromatic rings. The molecule has 0 radical (unpaired) electrons. The van der Waals surface area contributed by atoms with E-state index < -0.39 is 0 Å². The molecule has 20 heavy (non-hydrogen) atoms. The van der Waals surface area contributed by atoms with Gasteiger partial charge in [0.25, 0.3) is 5.91 Å². The molecule has 0 bridgehead atoms. The first-order valence-corrected chi connectivity index (χ1v) is 6.61. The minimum absolute atomic E-state index is 0.186. The highest BCUT2D eigenvalue weighted by Crippen LogP contribution is 2.08. The predicted octanol–water partition coefficient (Wildman–Crippen LogP) is 1.48. The number of nitrogens with two attached hydrogens (primary N) is 1. The van der Waals surface area contributed by atoms with Crippen molar-refractivity contribution in [1.82, 2.24) is 20.5 Å². The summed E-state index contributed by atoms with van der Waals surface area (Å²) < 4.78 is 0. The Balaban J connectivity index is 1.84. The van der Waals surface area contributed by atoms with E-state index in [0.29, 0.717) is 12.4 Å².